The first-order valence-corrected chi connectivity index (χ1v) is 9.81. The molecule has 23 valence electrons. The van der Waals surface area contributed by atoms with Crippen LogP contribution < -0.4 is 0 Å². The summed E-state index contributed by atoms with van der Waals surface area (Å²) in [5.41, 5.74) is 0. The molecule has 0 fully saturated rings. The molecule has 0 aliphatic rings. The maximum absolute atomic E-state index is 4.88. The monoisotopic (exact) mass is 217 g/mol. The van der Waals surface area contributed by atoms with Gasteiger partial charge >= 0.3 is 57.3 Å². The van der Waals surface area contributed by atoms with E-state index in [0.29, 0.717) is 0 Å². The second-order valence-corrected chi connectivity index (χ2v) is 5.75. The molecule has 0 aromatic carbocycles. The number of hydrogen-bond acceptors (Lipinski definition) is 1. The van der Waals surface area contributed by atoms with Crippen molar-refractivity contribution in [2.45, 2.75) is 0 Å². The zero-order valence-electron chi connectivity index (χ0n) is 2.62. The van der Waals surface area contributed by atoms with Crippen LogP contribution in [0.2, 0.25) is 0 Å². The summed E-state index contributed by atoms with van der Waals surface area (Å²) < 4.78 is 5.01. The Morgan fingerprint density at radius 3 is 2.25 bits per heavy atom. The predicted molar refractivity (Wildman–Crippen MR) is 19.6 cm³/mol. The van der Waals surface area contributed by atoms with E-state index in [1.54, 1.807) is 0 Å². The third-order valence-electron chi connectivity index (χ3n) is 0.144. The summed E-state index contributed by atoms with van der Waals surface area (Å²) in [6.45, 7) is 0. The van der Waals surface area contributed by atoms with Crippen molar-refractivity contribution < 1.29 is 42.6 Å². The number of hydrogen-bond donors (Lipinski definition) is 0. The third kappa shape index (κ3) is 3.77. The molecule has 1 nitrogen and oxygen atoms in total. The van der Waals surface area contributed by atoms with E-state index in [1.807, 2.05) is 0 Å². The van der Waals surface area contributed by atoms with Crippen LogP contribution in [0.15, 0.2) is 0 Å². The van der Waals surface area contributed by atoms with E-state index in [4.69, 9.17) is 4.12 Å². The molecule has 0 spiro atoms. The number of rotatable bonds is 1. The van der Waals surface area contributed by atoms with Crippen LogP contribution in [0.25, 0.3) is 0 Å². The third-order valence-corrected chi connectivity index (χ3v) is 9.46. The molecule has 0 bridgehead atoms. The summed E-state index contributed by atoms with van der Waals surface area (Å²) in [7, 11) is 0.986. The van der Waals surface area contributed by atoms with Gasteiger partial charge in [0, 0.05) is 0 Å². The molecule has 0 rings (SSSR count). The molecule has 0 radical (unpaired) electrons. The van der Waals surface area contributed by atoms with E-state index in [9.17, 15) is 0 Å². The second-order valence-electron chi connectivity index (χ2n) is 0.433. The normalized spacial score (nSPS) is 10.8. The summed E-state index contributed by atoms with van der Waals surface area (Å²) in [5.74, 6) is 0. The molecule has 4 heavy (non-hydrogen) atoms. The van der Waals surface area contributed by atoms with Crippen LogP contribution in [0.4, 0.5) is 0 Å². The van der Waals surface area contributed by atoms with Crippen LogP contribution in [-0.2, 0) is 4.12 Å². The van der Waals surface area contributed by atoms with Gasteiger partial charge in [-0.2, -0.15) is 0 Å². The molecular formula is H5CeOSi2. The van der Waals surface area contributed by atoms with Gasteiger partial charge in [-0.25, -0.2) is 0 Å². The Hall–Kier alpha value is 1.77. The van der Waals surface area contributed by atoms with Gasteiger partial charge in [0.1, 0.15) is 0 Å². The SMILES string of the molecule is [SiH3]O[SiH2][Ce]. The van der Waals surface area contributed by atoms with Crippen molar-refractivity contribution in [3.8, 4) is 0 Å². The second kappa shape index (κ2) is 4.77. The Morgan fingerprint density at radius 2 is 2.25 bits per heavy atom. The first kappa shape index (κ1) is 5.77. The van der Waals surface area contributed by atoms with Gasteiger partial charge in [0.05, 0.1) is 0 Å². The van der Waals surface area contributed by atoms with Crippen molar-refractivity contribution in [2.24, 2.45) is 0 Å². The zero-order valence-corrected chi connectivity index (χ0v) is 9.17. The Labute approximate surface area is 56.4 Å². The van der Waals surface area contributed by atoms with E-state index in [0.717, 1.165) is 10.5 Å². The molecule has 0 aromatic rings. The van der Waals surface area contributed by atoms with Gasteiger partial charge < -0.3 is 0 Å². The van der Waals surface area contributed by atoms with Crippen LogP contribution in [0.5, 0.6) is 0 Å². The molecular weight excluding hydrogens is 212 g/mol. The minimum absolute atomic E-state index is 0.125. The predicted octanol–water partition coefficient (Wildman–Crippen LogP) is -2.17. The van der Waals surface area contributed by atoms with E-state index in [-0.39, 0.29) is 4.19 Å². The zero-order chi connectivity index (χ0) is 3.41. The van der Waals surface area contributed by atoms with Gasteiger partial charge in [0.15, 0.2) is 0 Å². The Morgan fingerprint density at radius 1 is 2.00 bits per heavy atom. The summed E-state index contributed by atoms with van der Waals surface area (Å²) >= 11 is 1.34. The molecule has 4 heteroatoms. The van der Waals surface area contributed by atoms with Crippen molar-refractivity contribution >= 4 is 14.7 Å². The van der Waals surface area contributed by atoms with Crippen molar-refractivity contribution in [2.75, 3.05) is 0 Å². The summed E-state index contributed by atoms with van der Waals surface area (Å²) in [4.78, 5) is 0. The standard InChI is InChI=1S/Ce.H5OSi2/c;2-1-3/h;2H2,3H3. The molecule has 0 amide bonds. The van der Waals surface area contributed by atoms with Gasteiger partial charge in [-0.1, -0.05) is 0 Å². The van der Waals surface area contributed by atoms with Crippen LogP contribution in [0, 0.1) is 38.5 Å². The van der Waals surface area contributed by atoms with Gasteiger partial charge in [0.25, 0.3) is 0 Å². The average molecular weight is 217 g/mol. The quantitative estimate of drug-likeness (QED) is 0.454. The van der Waals surface area contributed by atoms with Crippen molar-refractivity contribution in [1.82, 2.24) is 0 Å². The van der Waals surface area contributed by atoms with Gasteiger partial charge in [-0.15, -0.1) is 0 Å². The van der Waals surface area contributed by atoms with E-state index in [2.05, 4.69) is 0 Å². The molecule has 0 atom stereocenters. The average Bonchev–Trinajstić information content (AvgIpc) is 1.37. The molecule has 0 aliphatic carbocycles. The fourth-order valence-electron chi connectivity index (χ4n) is 0. The van der Waals surface area contributed by atoms with Crippen molar-refractivity contribution in [3.63, 3.8) is 0 Å². The molecule has 0 aromatic heterocycles. The first-order chi connectivity index (χ1) is 1.91. The van der Waals surface area contributed by atoms with Crippen LogP contribution in [0.1, 0.15) is 0 Å². The van der Waals surface area contributed by atoms with Gasteiger partial charge in [0.2, 0.25) is 0 Å². The van der Waals surface area contributed by atoms with Gasteiger partial charge in [-0.05, 0) is 0 Å². The van der Waals surface area contributed by atoms with Crippen LogP contribution in [-0.4, -0.2) is 14.7 Å². The van der Waals surface area contributed by atoms with E-state index < -0.39 is 0 Å². The Balaban J connectivity index is 1.97. The van der Waals surface area contributed by atoms with E-state index >= 15 is 0 Å². The molecule has 0 saturated heterocycles. The Kier molecular flexibility index (Phi) is 6.88. The summed E-state index contributed by atoms with van der Waals surface area (Å²) in [6, 6.07) is 0. The van der Waals surface area contributed by atoms with Gasteiger partial charge in [-0.3, -0.25) is 0 Å². The molecule has 0 aliphatic heterocycles. The van der Waals surface area contributed by atoms with Crippen molar-refractivity contribution in [1.29, 1.82) is 0 Å². The first-order valence-electron chi connectivity index (χ1n) is 1.05. The summed E-state index contributed by atoms with van der Waals surface area (Å²) in [5, 5.41) is 0. The molecule has 0 N–H and O–H groups in total. The fraction of sp³-hybridized carbons (Fsp3) is 0. The maximum atomic E-state index is 4.88. The molecule has 0 saturated carbocycles. The van der Waals surface area contributed by atoms with Crippen molar-refractivity contribution in [3.05, 3.63) is 0 Å². The summed E-state index contributed by atoms with van der Waals surface area (Å²) in [6.07, 6.45) is 0. The molecule has 0 heterocycles. The minimum atomic E-state index is 0.125. The molecule has 0 unspecified atom stereocenters. The van der Waals surface area contributed by atoms with Crippen LogP contribution in [0.3, 0.4) is 0 Å². The van der Waals surface area contributed by atoms with Crippen LogP contribution >= 0.6 is 0 Å². The Bertz CT molecular complexity index is 8.00. The van der Waals surface area contributed by atoms with E-state index in [1.165, 1.54) is 38.5 Å². The fourth-order valence-corrected chi connectivity index (χ4v) is 0. The topological polar surface area (TPSA) is 9.23 Å².